The molecule has 0 radical (unpaired) electrons. The van der Waals surface area contributed by atoms with Crippen molar-refractivity contribution >= 4 is 5.78 Å². The maximum atomic E-state index is 13.2. The van der Waals surface area contributed by atoms with Crippen LogP contribution in [0.2, 0.25) is 0 Å². The first-order chi connectivity index (χ1) is 38.4. The molecule has 0 bridgehead atoms. The fraction of sp³-hybridized carbons (Fsp3) is 0.987. The molecule has 4 nitrogen and oxygen atoms in total. The van der Waals surface area contributed by atoms with Gasteiger partial charge in [-0.05, 0) is 331 Å². The summed E-state index contributed by atoms with van der Waals surface area (Å²) in [4.78, 5) is 18.4. The van der Waals surface area contributed by atoms with Crippen LogP contribution in [0.15, 0.2) is 0 Å². The Morgan fingerprint density at radius 3 is 0.785 bits per heavy atom. The molecule has 11 saturated carbocycles. The highest BCUT2D eigenvalue weighted by molar-refractivity contribution is 5.83. The summed E-state index contributed by atoms with van der Waals surface area (Å²) in [7, 11) is 0. The Hall–Kier alpha value is -0.450. The van der Waals surface area contributed by atoms with Crippen molar-refractivity contribution in [2.45, 2.75) is 336 Å². The number of Topliss-reactive ketones (excluding diaryl/α,β-unsaturated/α-hetero) is 1. The van der Waals surface area contributed by atoms with Crippen LogP contribution in [0.4, 0.5) is 0 Å². The molecule has 11 fully saturated rings. The first-order valence-electron chi connectivity index (χ1n) is 36.9. The lowest BCUT2D eigenvalue weighted by Crippen LogP contribution is -2.38. The summed E-state index contributed by atoms with van der Waals surface area (Å²) >= 11 is 0. The molecule has 0 saturated heterocycles. The second-order valence-electron chi connectivity index (χ2n) is 32.6. The van der Waals surface area contributed by atoms with Gasteiger partial charge >= 0.3 is 0 Å². The van der Waals surface area contributed by atoms with Gasteiger partial charge in [-0.1, -0.05) is 106 Å². The van der Waals surface area contributed by atoms with E-state index < -0.39 is 0 Å². The summed E-state index contributed by atoms with van der Waals surface area (Å²) in [5, 5.41) is 9.82. The molecule has 0 aromatic carbocycles. The molecule has 0 atom stereocenters. The lowest BCUT2D eigenvalue weighted by Gasteiger charge is -2.42. The van der Waals surface area contributed by atoms with Gasteiger partial charge in [-0.25, -0.2) is 4.89 Å². The minimum atomic E-state index is 0. The number of hydrogen-bond donors (Lipinski definition) is 1. The Morgan fingerprint density at radius 1 is 0.316 bits per heavy atom. The van der Waals surface area contributed by atoms with Crippen molar-refractivity contribution in [3.05, 3.63) is 0 Å². The predicted molar refractivity (Wildman–Crippen MR) is 356 cm³/mol. The zero-order valence-corrected chi connectivity index (χ0v) is 53.3. The minimum Gasteiger partial charge on any atom is -0.378 e. The smallest absolute Gasteiger partial charge is 0.139 e. The predicted octanol–water partition coefficient (Wildman–Crippen LogP) is 24.9. The highest BCUT2D eigenvalue weighted by atomic mass is 17.1. The Balaban J connectivity index is -0.00000120. The van der Waals surface area contributed by atoms with E-state index in [1.54, 1.807) is 0 Å². The second-order valence-corrected chi connectivity index (χ2v) is 32.6. The van der Waals surface area contributed by atoms with E-state index in [4.69, 9.17) is 9.62 Å². The standard InChI is InChI=1S/C27H48O2.C27H46O.C21H38O.11H2/c1-19-3-7-21(8-4-19)23-11-15-25(16-12-23)27(29-28)26-17-13-24(14-18-26)22-9-5-20(2)6-10-22;1-19-3-7-21(8-4-19)23-11-15-25(16-12-23)27(28)26-17-13-24(14-18-26)22-9-5-20(2)6-10-22;1-16-3-9-19(10-4-16)20-11-7-18(8-12-20)15-22-21-13-5-17(2)6-14-21;;;;;;;;;;;/h19-28H,3-18H2,1-2H3;19-26H,3-18H2,1-2H3;16-21H,3-15H2,1-2H3;11*1H. The Kier molecular flexibility index (Phi) is 25.8. The van der Waals surface area contributed by atoms with Crippen molar-refractivity contribution in [3.8, 4) is 0 Å². The Bertz CT molecular complexity index is 1580. The van der Waals surface area contributed by atoms with Gasteiger partial charge in [0.25, 0.3) is 0 Å². The molecule has 0 heterocycles. The highest BCUT2D eigenvalue weighted by Crippen LogP contribution is 2.49. The van der Waals surface area contributed by atoms with Crippen LogP contribution in [0, 0.1) is 124 Å². The van der Waals surface area contributed by atoms with E-state index in [2.05, 4.69) is 41.5 Å². The van der Waals surface area contributed by atoms with Crippen LogP contribution in [0.3, 0.4) is 0 Å². The van der Waals surface area contributed by atoms with Gasteiger partial charge in [0.15, 0.2) is 0 Å². The third kappa shape index (κ3) is 19.0. The van der Waals surface area contributed by atoms with Crippen LogP contribution >= 0.6 is 0 Å². The summed E-state index contributed by atoms with van der Waals surface area (Å²) in [6, 6.07) is 0. The third-order valence-corrected chi connectivity index (χ3v) is 27.1. The normalized spacial score (nSPS) is 45.1. The van der Waals surface area contributed by atoms with Gasteiger partial charge in [-0.15, -0.1) is 0 Å². The first-order valence-corrected chi connectivity index (χ1v) is 36.9. The van der Waals surface area contributed by atoms with Crippen molar-refractivity contribution in [1.29, 1.82) is 0 Å². The topological polar surface area (TPSA) is 55.8 Å². The maximum Gasteiger partial charge on any atom is 0.139 e. The van der Waals surface area contributed by atoms with Crippen LogP contribution < -0.4 is 0 Å². The summed E-state index contributed by atoms with van der Waals surface area (Å²) in [5.74, 6) is 19.3. The van der Waals surface area contributed by atoms with E-state index >= 15 is 0 Å². The lowest BCUT2D eigenvalue weighted by atomic mass is 9.65. The summed E-state index contributed by atoms with van der Waals surface area (Å²) in [6.07, 6.45) is 62.4. The molecule has 1 N–H and O–H groups in total. The number of carbonyl (C=O) groups excluding carboxylic acids is 1. The number of ether oxygens (including phenoxy) is 1. The molecule has 0 unspecified atom stereocenters. The molecule has 0 spiro atoms. The van der Waals surface area contributed by atoms with Crippen LogP contribution in [0.1, 0.15) is 340 Å². The fourth-order valence-corrected chi connectivity index (χ4v) is 20.8. The molecule has 0 aromatic heterocycles. The molecular weight excluding hydrogens is 965 g/mol. The lowest BCUT2D eigenvalue weighted by molar-refractivity contribution is -0.307. The van der Waals surface area contributed by atoms with Crippen molar-refractivity contribution in [3.63, 3.8) is 0 Å². The van der Waals surface area contributed by atoms with Crippen LogP contribution in [0.25, 0.3) is 0 Å². The van der Waals surface area contributed by atoms with Gasteiger partial charge in [-0.3, -0.25) is 10.1 Å². The highest BCUT2D eigenvalue weighted by Gasteiger charge is 2.41. The Morgan fingerprint density at radius 2 is 0.532 bits per heavy atom. The van der Waals surface area contributed by atoms with Gasteiger partial charge in [0.1, 0.15) is 5.78 Å². The van der Waals surface area contributed by atoms with E-state index in [1.165, 1.54) is 283 Å². The molecule has 11 rings (SSSR count). The number of rotatable bonds is 13. The van der Waals surface area contributed by atoms with Gasteiger partial charge in [0, 0.05) is 34.1 Å². The zero-order valence-electron chi connectivity index (χ0n) is 53.3. The van der Waals surface area contributed by atoms with E-state index in [0.717, 1.165) is 107 Å². The molecular formula is C75H154O4. The largest absolute Gasteiger partial charge is 0.378 e. The third-order valence-electron chi connectivity index (χ3n) is 27.1. The monoisotopic (exact) mass is 1120 g/mol. The maximum absolute atomic E-state index is 13.2. The first kappa shape index (κ1) is 63.1. The molecule has 0 amide bonds. The molecule has 11 aliphatic carbocycles. The zero-order chi connectivity index (χ0) is 55.1. The number of ketones is 1. The van der Waals surface area contributed by atoms with Gasteiger partial charge in [-0.2, -0.15) is 0 Å². The van der Waals surface area contributed by atoms with Crippen molar-refractivity contribution < 1.29 is 35.4 Å². The summed E-state index contributed by atoms with van der Waals surface area (Å²) in [5.41, 5.74) is 0. The Labute approximate surface area is 506 Å². The molecule has 478 valence electrons. The van der Waals surface area contributed by atoms with Gasteiger partial charge < -0.3 is 4.74 Å². The average Bonchev–Trinajstić information content (AvgIpc) is 1.61. The quantitative estimate of drug-likeness (QED) is 0.147. The van der Waals surface area contributed by atoms with Crippen LogP contribution in [-0.2, 0) is 14.4 Å². The van der Waals surface area contributed by atoms with Gasteiger partial charge in [0.2, 0.25) is 0 Å². The van der Waals surface area contributed by atoms with Crippen molar-refractivity contribution in [1.82, 2.24) is 0 Å². The van der Waals surface area contributed by atoms with Crippen molar-refractivity contribution in [2.75, 3.05) is 6.61 Å². The molecule has 79 heavy (non-hydrogen) atoms. The average molecular weight is 1120 g/mol. The van der Waals surface area contributed by atoms with E-state index in [0.29, 0.717) is 35.6 Å². The SMILES string of the molecule is CC1CCC(C2CCC(C(=O)C3CCC(C4CCC(C)CC4)CC3)CC2)CC1.CC1CCC(C2CCC(C(OO)C3CCC(C4CCC(C)CC4)CC3)CC2)CC1.CC1CCC(OCC2CCC(C3CCC(C)CC3)CC2)CC1.[HH].[HH].[HH].[HH].[HH].[HH].[HH].[HH].[HH].[HH].[HH]. The van der Waals surface area contributed by atoms with Crippen LogP contribution in [-0.4, -0.2) is 29.9 Å². The molecule has 0 aromatic rings. The van der Waals surface area contributed by atoms with E-state index in [1.807, 2.05) is 0 Å². The second kappa shape index (κ2) is 32.3. The number of hydrogen-bond acceptors (Lipinski definition) is 4. The molecule has 11 aliphatic rings. The van der Waals surface area contributed by atoms with Crippen LogP contribution in [0.5, 0.6) is 0 Å². The summed E-state index contributed by atoms with van der Waals surface area (Å²) < 4.78 is 6.27. The van der Waals surface area contributed by atoms with Crippen molar-refractivity contribution in [2.24, 2.45) is 124 Å². The van der Waals surface area contributed by atoms with Gasteiger partial charge in [0.05, 0.1) is 12.2 Å². The minimum absolute atomic E-state index is 0. The fourth-order valence-electron chi connectivity index (χ4n) is 20.8. The molecule has 0 aliphatic heterocycles. The van der Waals surface area contributed by atoms with E-state index in [-0.39, 0.29) is 21.8 Å². The number of carbonyl (C=O) groups is 1. The molecule has 4 heteroatoms. The van der Waals surface area contributed by atoms with E-state index in [9.17, 15) is 10.1 Å². The summed E-state index contributed by atoms with van der Waals surface area (Å²) in [6.45, 7) is 15.6.